The fraction of sp³-hybridized carbons (Fsp3) is 0.550. The minimum atomic E-state index is 0.159. The Bertz CT molecular complexity index is 686. The van der Waals surface area contributed by atoms with Crippen LogP contribution in [0.4, 0.5) is 11.9 Å². The maximum absolute atomic E-state index is 5.65. The topological polar surface area (TPSA) is 103 Å². The monoisotopic (exact) mass is 354 g/mol. The van der Waals surface area contributed by atoms with Crippen molar-refractivity contribution in [1.29, 1.82) is 0 Å². The summed E-state index contributed by atoms with van der Waals surface area (Å²) in [5.74, 6) is 2.06. The van der Waals surface area contributed by atoms with Crippen molar-refractivity contribution in [3.63, 3.8) is 0 Å². The van der Waals surface area contributed by atoms with Gasteiger partial charge in [0.05, 0.1) is 6.54 Å². The first kappa shape index (κ1) is 18.6. The first-order chi connectivity index (χ1) is 12.5. The van der Waals surface area contributed by atoms with Crippen molar-refractivity contribution in [3.8, 4) is 0 Å². The van der Waals surface area contributed by atoms with E-state index in [1.165, 1.54) is 43.2 Å². The zero-order valence-electron chi connectivity index (χ0n) is 15.8. The van der Waals surface area contributed by atoms with Crippen LogP contribution in [-0.2, 0) is 6.54 Å². The third-order valence-corrected chi connectivity index (χ3v) is 5.24. The Morgan fingerprint density at radius 2 is 1.58 bits per heavy atom. The van der Waals surface area contributed by atoms with Crippen LogP contribution in [0.2, 0.25) is 0 Å². The Hall–Kier alpha value is -2.21. The smallest absolute Gasteiger partial charge is 0.225 e. The van der Waals surface area contributed by atoms with Gasteiger partial charge in [-0.3, -0.25) is 0 Å². The molecule has 1 aromatic heterocycles. The van der Waals surface area contributed by atoms with Gasteiger partial charge in [-0.25, -0.2) is 0 Å². The standard InChI is InChI=1S/C20H30N6/c1-13(2)18(23-12-17-24-19(21)26-20(22)25-17)16-10-8-15(9-11-16)14-6-4-3-5-7-14/h8-11,13-14,18,23H,3-7,12H2,1-2H3,(H4,21,22,24,25,26). The highest BCUT2D eigenvalue weighted by molar-refractivity contribution is 5.29. The SMILES string of the molecule is CC(C)C(NCc1nc(N)nc(N)n1)c1ccc(C2CCCCC2)cc1. The van der Waals surface area contributed by atoms with Crippen LogP contribution in [0.25, 0.3) is 0 Å². The van der Waals surface area contributed by atoms with Crippen LogP contribution in [0.5, 0.6) is 0 Å². The Labute approximate surface area is 155 Å². The van der Waals surface area contributed by atoms with Gasteiger partial charge < -0.3 is 16.8 Å². The summed E-state index contributed by atoms with van der Waals surface area (Å²) >= 11 is 0. The Morgan fingerprint density at radius 1 is 0.962 bits per heavy atom. The normalized spacial score (nSPS) is 16.7. The van der Waals surface area contributed by atoms with Crippen LogP contribution >= 0.6 is 0 Å². The molecule has 1 aromatic carbocycles. The van der Waals surface area contributed by atoms with Gasteiger partial charge in [-0.2, -0.15) is 15.0 Å². The van der Waals surface area contributed by atoms with Crippen molar-refractivity contribution in [1.82, 2.24) is 20.3 Å². The molecule has 6 nitrogen and oxygen atoms in total. The molecule has 0 aliphatic heterocycles. The van der Waals surface area contributed by atoms with Crippen molar-refractivity contribution in [2.45, 2.75) is 64.5 Å². The Morgan fingerprint density at radius 3 is 2.15 bits per heavy atom. The molecule has 1 unspecified atom stereocenters. The van der Waals surface area contributed by atoms with Crippen molar-refractivity contribution >= 4 is 11.9 Å². The molecule has 1 saturated carbocycles. The molecule has 0 amide bonds. The second-order valence-corrected chi connectivity index (χ2v) is 7.57. The lowest BCUT2D eigenvalue weighted by Crippen LogP contribution is -2.26. The summed E-state index contributed by atoms with van der Waals surface area (Å²) in [4.78, 5) is 12.1. The quantitative estimate of drug-likeness (QED) is 0.733. The average molecular weight is 355 g/mol. The third-order valence-electron chi connectivity index (χ3n) is 5.24. The lowest BCUT2D eigenvalue weighted by molar-refractivity contribution is 0.405. The lowest BCUT2D eigenvalue weighted by atomic mass is 9.83. The molecule has 0 saturated heterocycles. The molecule has 1 aliphatic carbocycles. The van der Waals surface area contributed by atoms with E-state index in [1.54, 1.807) is 0 Å². The van der Waals surface area contributed by atoms with E-state index in [9.17, 15) is 0 Å². The second-order valence-electron chi connectivity index (χ2n) is 7.57. The maximum atomic E-state index is 5.65. The van der Waals surface area contributed by atoms with E-state index < -0.39 is 0 Å². The number of nitrogen functional groups attached to an aromatic ring is 2. The van der Waals surface area contributed by atoms with Crippen LogP contribution in [0, 0.1) is 5.92 Å². The number of hydrogen-bond acceptors (Lipinski definition) is 6. The highest BCUT2D eigenvalue weighted by Gasteiger charge is 2.19. The van der Waals surface area contributed by atoms with Gasteiger partial charge in [0.2, 0.25) is 11.9 Å². The number of nitrogens with two attached hydrogens (primary N) is 2. The van der Waals surface area contributed by atoms with Gasteiger partial charge in [0.25, 0.3) is 0 Å². The lowest BCUT2D eigenvalue weighted by Gasteiger charge is -2.25. The fourth-order valence-corrected chi connectivity index (χ4v) is 3.89. The first-order valence-corrected chi connectivity index (χ1v) is 9.62. The minimum Gasteiger partial charge on any atom is -0.368 e. The van der Waals surface area contributed by atoms with E-state index in [1.807, 2.05) is 0 Å². The summed E-state index contributed by atoms with van der Waals surface area (Å²) in [5.41, 5.74) is 14.1. The third kappa shape index (κ3) is 4.69. The van der Waals surface area contributed by atoms with Crippen molar-refractivity contribution in [2.24, 2.45) is 5.92 Å². The van der Waals surface area contributed by atoms with Crippen LogP contribution < -0.4 is 16.8 Å². The zero-order chi connectivity index (χ0) is 18.5. The molecule has 5 N–H and O–H groups in total. The first-order valence-electron chi connectivity index (χ1n) is 9.62. The van der Waals surface area contributed by atoms with Crippen molar-refractivity contribution < 1.29 is 0 Å². The fourth-order valence-electron chi connectivity index (χ4n) is 3.89. The van der Waals surface area contributed by atoms with Gasteiger partial charge >= 0.3 is 0 Å². The molecule has 0 radical (unpaired) electrons. The van der Waals surface area contributed by atoms with Gasteiger partial charge in [-0.05, 0) is 35.8 Å². The van der Waals surface area contributed by atoms with E-state index in [0.29, 0.717) is 18.3 Å². The number of anilines is 2. The van der Waals surface area contributed by atoms with Gasteiger partial charge in [-0.1, -0.05) is 57.4 Å². The van der Waals surface area contributed by atoms with Crippen LogP contribution in [-0.4, -0.2) is 15.0 Å². The molecular formula is C20H30N6. The molecular weight excluding hydrogens is 324 g/mol. The predicted molar refractivity (Wildman–Crippen MR) is 105 cm³/mol. The molecule has 6 heteroatoms. The molecule has 1 aliphatic rings. The van der Waals surface area contributed by atoms with E-state index in [4.69, 9.17) is 11.5 Å². The maximum Gasteiger partial charge on any atom is 0.225 e. The van der Waals surface area contributed by atoms with Crippen LogP contribution in [0.15, 0.2) is 24.3 Å². The summed E-state index contributed by atoms with van der Waals surface area (Å²) in [6, 6.07) is 9.35. The predicted octanol–water partition coefficient (Wildman–Crippen LogP) is 3.57. The van der Waals surface area contributed by atoms with Crippen LogP contribution in [0.1, 0.15) is 74.9 Å². The number of benzene rings is 1. The number of hydrogen-bond donors (Lipinski definition) is 3. The van der Waals surface area contributed by atoms with Gasteiger partial charge in [0, 0.05) is 6.04 Å². The molecule has 3 rings (SSSR count). The molecule has 1 fully saturated rings. The Kier molecular flexibility index (Phi) is 6.04. The molecule has 0 spiro atoms. The van der Waals surface area contributed by atoms with Gasteiger partial charge in [0.15, 0.2) is 0 Å². The highest BCUT2D eigenvalue weighted by Crippen LogP contribution is 2.33. The highest BCUT2D eigenvalue weighted by atomic mass is 15.2. The summed E-state index contributed by atoms with van der Waals surface area (Å²) in [7, 11) is 0. The summed E-state index contributed by atoms with van der Waals surface area (Å²) < 4.78 is 0. The van der Waals surface area contributed by atoms with Gasteiger partial charge in [-0.15, -0.1) is 0 Å². The molecule has 1 atom stereocenters. The summed E-state index contributed by atoms with van der Waals surface area (Å²) in [6.07, 6.45) is 6.77. The van der Waals surface area contributed by atoms with Crippen LogP contribution in [0.3, 0.4) is 0 Å². The average Bonchev–Trinajstić information content (AvgIpc) is 2.62. The summed E-state index contributed by atoms with van der Waals surface area (Å²) in [6.45, 7) is 4.93. The van der Waals surface area contributed by atoms with E-state index >= 15 is 0 Å². The molecule has 140 valence electrons. The second kappa shape index (κ2) is 8.45. The molecule has 26 heavy (non-hydrogen) atoms. The largest absolute Gasteiger partial charge is 0.368 e. The number of nitrogens with one attached hydrogen (secondary N) is 1. The van der Waals surface area contributed by atoms with E-state index in [2.05, 4.69) is 58.4 Å². The number of aromatic nitrogens is 3. The van der Waals surface area contributed by atoms with Crippen molar-refractivity contribution in [3.05, 3.63) is 41.2 Å². The van der Waals surface area contributed by atoms with Gasteiger partial charge in [0.1, 0.15) is 5.82 Å². The number of nitrogens with zero attached hydrogens (tertiary/aromatic N) is 3. The molecule has 1 heterocycles. The zero-order valence-corrected chi connectivity index (χ0v) is 15.8. The molecule has 2 aromatic rings. The van der Waals surface area contributed by atoms with E-state index in [0.717, 1.165) is 5.92 Å². The minimum absolute atomic E-state index is 0.159. The molecule has 0 bridgehead atoms. The van der Waals surface area contributed by atoms with E-state index in [-0.39, 0.29) is 17.9 Å². The summed E-state index contributed by atoms with van der Waals surface area (Å²) in [5, 5.41) is 3.54. The number of rotatable bonds is 6. The van der Waals surface area contributed by atoms with Crippen molar-refractivity contribution in [2.75, 3.05) is 11.5 Å². The Balaban J connectivity index is 1.68.